The van der Waals surface area contributed by atoms with Gasteiger partial charge in [0.1, 0.15) is 0 Å². The number of likely N-dealkylation sites (tertiary alicyclic amines) is 1. The zero-order chi connectivity index (χ0) is 13.5. The monoisotopic (exact) mass is 262 g/mol. The van der Waals surface area contributed by atoms with Crippen LogP contribution < -0.4 is 5.32 Å². The second kappa shape index (κ2) is 7.63. The van der Waals surface area contributed by atoms with Gasteiger partial charge in [-0.2, -0.15) is 0 Å². The highest BCUT2D eigenvalue weighted by atomic mass is 16.3. The molecule has 2 atom stereocenters. The molecular weight excluding hydrogens is 236 g/mol. The zero-order valence-electron chi connectivity index (χ0n) is 11.9. The molecule has 1 unspecified atom stereocenters. The molecule has 2 N–H and O–H groups in total. The quantitative estimate of drug-likeness (QED) is 0.854. The lowest BCUT2D eigenvalue weighted by atomic mass is 10.0. The summed E-state index contributed by atoms with van der Waals surface area (Å²) in [7, 11) is 0. The van der Waals surface area contributed by atoms with Crippen molar-refractivity contribution in [3.8, 4) is 0 Å². The summed E-state index contributed by atoms with van der Waals surface area (Å²) >= 11 is 0. The molecule has 2 rings (SSSR count). The first-order valence-electron chi connectivity index (χ1n) is 7.47. The van der Waals surface area contributed by atoms with E-state index in [-0.39, 0.29) is 12.6 Å². The van der Waals surface area contributed by atoms with Crippen molar-refractivity contribution in [3.63, 3.8) is 0 Å². The van der Waals surface area contributed by atoms with Crippen molar-refractivity contribution in [2.24, 2.45) is 0 Å². The van der Waals surface area contributed by atoms with Crippen LogP contribution in [0.5, 0.6) is 0 Å². The third kappa shape index (κ3) is 4.30. The van der Waals surface area contributed by atoms with E-state index in [1.54, 1.807) is 0 Å². The predicted octanol–water partition coefficient (Wildman–Crippen LogP) is 2.18. The molecule has 0 radical (unpaired) electrons. The van der Waals surface area contributed by atoms with E-state index in [0.29, 0.717) is 6.04 Å². The molecule has 0 spiro atoms. The molecule has 0 bridgehead atoms. The third-order valence-electron chi connectivity index (χ3n) is 4.09. The van der Waals surface area contributed by atoms with Crippen molar-refractivity contribution in [1.29, 1.82) is 0 Å². The SMILES string of the molecule is CCN1CCCC(N[C@H](CO)c2ccccc2)CC1. The molecule has 106 valence electrons. The first kappa shape index (κ1) is 14.5. The van der Waals surface area contributed by atoms with Crippen LogP contribution in [-0.4, -0.2) is 42.3 Å². The number of aliphatic hydroxyl groups excluding tert-OH is 1. The zero-order valence-corrected chi connectivity index (χ0v) is 11.9. The second-order valence-corrected chi connectivity index (χ2v) is 5.37. The Morgan fingerprint density at radius 3 is 2.74 bits per heavy atom. The van der Waals surface area contributed by atoms with E-state index in [1.165, 1.54) is 37.9 Å². The Morgan fingerprint density at radius 1 is 1.26 bits per heavy atom. The summed E-state index contributed by atoms with van der Waals surface area (Å²) in [4.78, 5) is 2.51. The van der Waals surface area contributed by atoms with Gasteiger partial charge < -0.3 is 15.3 Å². The van der Waals surface area contributed by atoms with E-state index >= 15 is 0 Å². The molecule has 1 aromatic rings. The molecule has 3 heteroatoms. The lowest BCUT2D eigenvalue weighted by Crippen LogP contribution is -2.35. The molecular formula is C16H26N2O. The van der Waals surface area contributed by atoms with Gasteiger partial charge in [-0.25, -0.2) is 0 Å². The van der Waals surface area contributed by atoms with Crippen LogP contribution in [0.25, 0.3) is 0 Å². The number of aliphatic hydroxyl groups is 1. The van der Waals surface area contributed by atoms with Crippen LogP contribution in [0.2, 0.25) is 0 Å². The Kier molecular flexibility index (Phi) is 5.83. The first-order chi connectivity index (χ1) is 9.33. The molecule has 1 heterocycles. The van der Waals surface area contributed by atoms with E-state index in [0.717, 1.165) is 6.54 Å². The van der Waals surface area contributed by atoms with Gasteiger partial charge in [0.25, 0.3) is 0 Å². The number of hydrogen-bond donors (Lipinski definition) is 2. The number of rotatable bonds is 5. The third-order valence-corrected chi connectivity index (χ3v) is 4.09. The van der Waals surface area contributed by atoms with Gasteiger partial charge in [0.05, 0.1) is 12.6 Å². The lowest BCUT2D eigenvalue weighted by molar-refractivity contribution is 0.227. The average Bonchev–Trinajstić information content (AvgIpc) is 2.70. The first-order valence-corrected chi connectivity index (χ1v) is 7.47. The molecule has 1 saturated heterocycles. The average molecular weight is 262 g/mol. The van der Waals surface area contributed by atoms with Crippen LogP contribution in [-0.2, 0) is 0 Å². The van der Waals surface area contributed by atoms with Crippen LogP contribution in [0, 0.1) is 0 Å². The molecule has 0 amide bonds. The fourth-order valence-corrected chi connectivity index (χ4v) is 2.86. The van der Waals surface area contributed by atoms with Crippen molar-refractivity contribution >= 4 is 0 Å². The molecule has 1 aromatic carbocycles. The van der Waals surface area contributed by atoms with Gasteiger partial charge in [-0.05, 0) is 44.5 Å². The fraction of sp³-hybridized carbons (Fsp3) is 0.625. The number of nitrogens with zero attached hydrogens (tertiary/aromatic N) is 1. The van der Waals surface area contributed by atoms with Crippen molar-refractivity contribution in [1.82, 2.24) is 10.2 Å². The molecule has 0 saturated carbocycles. The van der Waals surface area contributed by atoms with Gasteiger partial charge in [-0.15, -0.1) is 0 Å². The van der Waals surface area contributed by atoms with Crippen LogP contribution in [0.15, 0.2) is 30.3 Å². The van der Waals surface area contributed by atoms with E-state index in [9.17, 15) is 5.11 Å². The predicted molar refractivity (Wildman–Crippen MR) is 79.2 cm³/mol. The molecule has 0 aromatic heterocycles. The highest BCUT2D eigenvalue weighted by Gasteiger charge is 2.19. The minimum absolute atomic E-state index is 0.0689. The van der Waals surface area contributed by atoms with E-state index in [2.05, 4.69) is 29.3 Å². The van der Waals surface area contributed by atoms with Crippen molar-refractivity contribution in [2.75, 3.05) is 26.2 Å². The Morgan fingerprint density at radius 2 is 2.05 bits per heavy atom. The van der Waals surface area contributed by atoms with Crippen molar-refractivity contribution in [2.45, 2.75) is 38.3 Å². The summed E-state index contributed by atoms with van der Waals surface area (Å²) in [6.07, 6.45) is 3.63. The van der Waals surface area contributed by atoms with E-state index in [4.69, 9.17) is 0 Å². The maximum absolute atomic E-state index is 9.61. The van der Waals surface area contributed by atoms with Crippen LogP contribution in [0.3, 0.4) is 0 Å². The Hall–Kier alpha value is -0.900. The Bertz CT molecular complexity index is 355. The maximum Gasteiger partial charge on any atom is 0.0626 e. The van der Waals surface area contributed by atoms with Gasteiger partial charge in [-0.1, -0.05) is 37.3 Å². The number of hydrogen-bond acceptors (Lipinski definition) is 3. The maximum atomic E-state index is 9.61. The summed E-state index contributed by atoms with van der Waals surface area (Å²) < 4.78 is 0. The van der Waals surface area contributed by atoms with Gasteiger partial charge in [0.15, 0.2) is 0 Å². The topological polar surface area (TPSA) is 35.5 Å². The summed E-state index contributed by atoms with van der Waals surface area (Å²) in [5.41, 5.74) is 1.18. The Labute approximate surface area is 116 Å². The van der Waals surface area contributed by atoms with Crippen LogP contribution >= 0.6 is 0 Å². The van der Waals surface area contributed by atoms with E-state index < -0.39 is 0 Å². The van der Waals surface area contributed by atoms with Gasteiger partial charge in [0.2, 0.25) is 0 Å². The van der Waals surface area contributed by atoms with Crippen molar-refractivity contribution < 1.29 is 5.11 Å². The largest absolute Gasteiger partial charge is 0.394 e. The molecule has 3 nitrogen and oxygen atoms in total. The van der Waals surface area contributed by atoms with Gasteiger partial charge in [-0.3, -0.25) is 0 Å². The smallest absolute Gasteiger partial charge is 0.0626 e. The molecule has 1 aliphatic rings. The molecule has 1 fully saturated rings. The van der Waals surface area contributed by atoms with Crippen molar-refractivity contribution in [3.05, 3.63) is 35.9 Å². The normalized spacial score (nSPS) is 22.9. The van der Waals surface area contributed by atoms with Crippen LogP contribution in [0.4, 0.5) is 0 Å². The minimum Gasteiger partial charge on any atom is -0.394 e. The van der Waals surface area contributed by atoms with E-state index in [1.807, 2.05) is 18.2 Å². The highest BCUT2D eigenvalue weighted by Crippen LogP contribution is 2.17. The molecule has 0 aliphatic carbocycles. The highest BCUT2D eigenvalue weighted by molar-refractivity contribution is 5.19. The van der Waals surface area contributed by atoms with Gasteiger partial charge >= 0.3 is 0 Å². The molecule has 1 aliphatic heterocycles. The second-order valence-electron chi connectivity index (χ2n) is 5.37. The number of benzene rings is 1. The Balaban J connectivity index is 1.91. The van der Waals surface area contributed by atoms with Crippen LogP contribution in [0.1, 0.15) is 37.8 Å². The summed E-state index contributed by atoms with van der Waals surface area (Å²) in [6.45, 7) is 5.92. The lowest BCUT2D eigenvalue weighted by Gasteiger charge is -2.24. The van der Waals surface area contributed by atoms with Gasteiger partial charge in [0, 0.05) is 6.04 Å². The molecule has 19 heavy (non-hydrogen) atoms. The minimum atomic E-state index is 0.0689. The number of nitrogens with one attached hydrogen (secondary N) is 1. The summed E-state index contributed by atoms with van der Waals surface area (Å²) in [5, 5.41) is 13.2. The fourth-order valence-electron chi connectivity index (χ4n) is 2.86. The summed E-state index contributed by atoms with van der Waals surface area (Å²) in [5.74, 6) is 0. The standard InChI is InChI=1S/C16H26N2O/c1-2-18-11-6-9-15(10-12-18)17-16(13-19)14-7-4-3-5-8-14/h3-5,7-8,15-17,19H,2,6,9-13H2,1H3/t15?,16-/m1/s1. The summed E-state index contributed by atoms with van der Waals surface area (Å²) in [6, 6.07) is 10.8.